The lowest BCUT2D eigenvalue weighted by atomic mass is 9.93. The minimum atomic E-state index is 0.175. The van der Waals surface area contributed by atoms with Gasteiger partial charge < -0.3 is 15.3 Å². The first kappa shape index (κ1) is 22.8. The highest BCUT2D eigenvalue weighted by atomic mass is 16.3. The molecule has 1 aliphatic heterocycles. The molecule has 2 aromatic heterocycles. The number of benzene rings is 1. The van der Waals surface area contributed by atoms with Crippen molar-refractivity contribution >= 4 is 30.7 Å². The number of hydrogen-bond acceptors (Lipinski definition) is 5. The van der Waals surface area contributed by atoms with Gasteiger partial charge in [-0.3, -0.25) is 4.79 Å². The number of rotatable bonds is 5. The van der Waals surface area contributed by atoms with Crippen LogP contribution in [0.25, 0.3) is 16.9 Å². The first-order valence-corrected chi connectivity index (χ1v) is 12.6. The number of anilines is 1. The summed E-state index contributed by atoms with van der Waals surface area (Å²) in [4.78, 5) is 19.7. The zero-order chi connectivity index (χ0) is 23.5. The average Bonchev–Trinajstić information content (AvgIpc) is 3.06. The van der Waals surface area contributed by atoms with E-state index in [1.54, 1.807) is 22.8 Å². The van der Waals surface area contributed by atoms with E-state index in [0.717, 1.165) is 51.1 Å². The Morgan fingerprint density at radius 1 is 1.09 bits per heavy atom. The van der Waals surface area contributed by atoms with E-state index in [2.05, 4.69) is 20.3 Å². The Balaban J connectivity index is 1.25. The second kappa shape index (κ2) is 10.1. The standard InChI is InChI=1S/C26H32BN5O2/c27-21-17-29-32-24(15-22(30-25(21)32)20-9-5-6-10-23(20)33)28-16-18-11-13-31(14-12-18)26(34)19-7-3-1-2-4-8-19/h5-6,9-10,15,17-19,28,33H,1-4,7-8,11-14,16H2. The molecule has 0 unspecified atom stereocenters. The number of phenolic OH excluding ortho intramolecular Hbond substituents is 1. The molecule has 2 aliphatic rings. The number of para-hydroxylation sites is 1. The molecule has 1 aliphatic carbocycles. The van der Waals surface area contributed by atoms with Gasteiger partial charge in [-0.2, -0.15) is 9.61 Å². The molecule has 1 saturated heterocycles. The fraction of sp³-hybridized carbons (Fsp3) is 0.500. The van der Waals surface area contributed by atoms with Crippen molar-refractivity contribution in [3.8, 4) is 17.0 Å². The van der Waals surface area contributed by atoms with Crippen molar-refractivity contribution in [1.82, 2.24) is 19.5 Å². The Hall–Kier alpha value is -3.03. The van der Waals surface area contributed by atoms with E-state index in [-0.39, 0.29) is 11.7 Å². The molecule has 2 radical (unpaired) electrons. The van der Waals surface area contributed by atoms with Crippen molar-refractivity contribution in [2.45, 2.75) is 51.4 Å². The Labute approximate surface area is 202 Å². The third-order valence-electron chi connectivity index (χ3n) is 7.38. The summed E-state index contributed by atoms with van der Waals surface area (Å²) in [6.07, 6.45) is 10.6. The predicted molar refractivity (Wildman–Crippen MR) is 134 cm³/mol. The van der Waals surface area contributed by atoms with Crippen molar-refractivity contribution in [2.24, 2.45) is 11.8 Å². The number of amides is 1. The van der Waals surface area contributed by atoms with Crippen LogP contribution in [0, 0.1) is 11.8 Å². The van der Waals surface area contributed by atoms with Gasteiger partial charge in [-0.15, -0.1) is 0 Å². The SMILES string of the molecule is [B]c1cnn2c(NCC3CCN(C(=O)C4CCCCCC4)CC3)cc(-c3ccccc3O)nc12. The second-order valence-corrected chi connectivity index (χ2v) is 9.72. The monoisotopic (exact) mass is 457 g/mol. The fourth-order valence-corrected chi connectivity index (χ4v) is 5.32. The first-order chi connectivity index (χ1) is 16.6. The highest BCUT2D eigenvalue weighted by Gasteiger charge is 2.28. The minimum Gasteiger partial charge on any atom is -0.507 e. The van der Waals surface area contributed by atoms with Crippen molar-refractivity contribution in [1.29, 1.82) is 0 Å². The predicted octanol–water partition coefficient (Wildman–Crippen LogP) is 3.52. The number of aromatic nitrogens is 3. The zero-order valence-electron chi connectivity index (χ0n) is 19.6. The Morgan fingerprint density at radius 2 is 1.82 bits per heavy atom. The maximum atomic E-state index is 13.0. The lowest BCUT2D eigenvalue weighted by Gasteiger charge is -2.34. The lowest BCUT2D eigenvalue weighted by molar-refractivity contribution is -0.137. The van der Waals surface area contributed by atoms with Crippen LogP contribution in [-0.4, -0.2) is 58.0 Å². The van der Waals surface area contributed by atoms with Crippen LogP contribution < -0.4 is 10.8 Å². The molecule has 0 spiro atoms. The van der Waals surface area contributed by atoms with Gasteiger partial charge in [-0.25, -0.2) is 4.98 Å². The van der Waals surface area contributed by atoms with Crippen LogP contribution in [0.2, 0.25) is 0 Å². The lowest BCUT2D eigenvalue weighted by Crippen LogP contribution is -2.42. The van der Waals surface area contributed by atoms with Crippen LogP contribution >= 0.6 is 0 Å². The average molecular weight is 457 g/mol. The Bertz CT molecular complexity index is 1150. The Morgan fingerprint density at radius 3 is 2.56 bits per heavy atom. The van der Waals surface area contributed by atoms with Gasteiger partial charge in [0.25, 0.3) is 0 Å². The topological polar surface area (TPSA) is 82.8 Å². The molecule has 176 valence electrons. The number of phenols is 1. The van der Waals surface area contributed by atoms with E-state index in [1.807, 2.05) is 18.2 Å². The molecular weight excluding hydrogens is 425 g/mol. The molecule has 1 amide bonds. The maximum Gasteiger partial charge on any atom is 0.225 e. The van der Waals surface area contributed by atoms with E-state index in [9.17, 15) is 9.90 Å². The van der Waals surface area contributed by atoms with Gasteiger partial charge in [0.1, 0.15) is 19.4 Å². The molecule has 1 aromatic carbocycles. The third-order valence-corrected chi connectivity index (χ3v) is 7.38. The van der Waals surface area contributed by atoms with Crippen LogP contribution in [0.15, 0.2) is 36.5 Å². The summed E-state index contributed by atoms with van der Waals surface area (Å²) < 4.78 is 1.71. The molecule has 2 N–H and O–H groups in total. The van der Waals surface area contributed by atoms with E-state index in [1.165, 1.54) is 25.7 Å². The van der Waals surface area contributed by atoms with Gasteiger partial charge in [0.05, 0.1) is 5.69 Å². The van der Waals surface area contributed by atoms with Crippen molar-refractivity contribution < 1.29 is 9.90 Å². The molecule has 0 atom stereocenters. The third kappa shape index (κ3) is 4.77. The van der Waals surface area contributed by atoms with E-state index >= 15 is 0 Å². The molecule has 2 fully saturated rings. The van der Waals surface area contributed by atoms with Gasteiger partial charge >= 0.3 is 0 Å². The zero-order valence-corrected chi connectivity index (χ0v) is 19.6. The molecule has 3 aromatic rings. The Kier molecular flexibility index (Phi) is 6.74. The van der Waals surface area contributed by atoms with Gasteiger partial charge in [-0.1, -0.05) is 37.8 Å². The van der Waals surface area contributed by atoms with Crippen molar-refractivity contribution in [3.05, 3.63) is 36.5 Å². The highest BCUT2D eigenvalue weighted by Crippen LogP contribution is 2.30. The normalized spacial score (nSPS) is 18.2. The first-order valence-electron chi connectivity index (χ1n) is 12.6. The molecule has 0 bridgehead atoms. The molecular formula is C26H32BN5O2. The number of carbonyl (C=O) groups excluding carboxylic acids is 1. The summed E-state index contributed by atoms with van der Waals surface area (Å²) in [6, 6.07) is 9.05. The smallest absolute Gasteiger partial charge is 0.225 e. The van der Waals surface area contributed by atoms with Crippen LogP contribution in [0.4, 0.5) is 5.82 Å². The van der Waals surface area contributed by atoms with E-state index in [4.69, 9.17) is 7.85 Å². The minimum absolute atomic E-state index is 0.175. The second-order valence-electron chi connectivity index (χ2n) is 9.72. The number of fused-ring (bicyclic) bond motifs is 1. The fourth-order valence-electron chi connectivity index (χ4n) is 5.32. The highest BCUT2D eigenvalue weighted by molar-refractivity contribution is 6.36. The van der Waals surface area contributed by atoms with Gasteiger partial charge in [0, 0.05) is 43.4 Å². The van der Waals surface area contributed by atoms with Gasteiger partial charge in [0.15, 0.2) is 5.65 Å². The summed E-state index contributed by atoms with van der Waals surface area (Å²) in [5.74, 6) is 2.05. The summed E-state index contributed by atoms with van der Waals surface area (Å²) in [5.41, 5.74) is 2.35. The largest absolute Gasteiger partial charge is 0.507 e. The molecule has 7 nitrogen and oxygen atoms in total. The molecule has 8 heteroatoms. The maximum absolute atomic E-state index is 13.0. The number of nitrogens with zero attached hydrogens (tertiary/aromatic N) is 4. The number of piperidine rings is 1. The molecule has 5 rings (SSSR count). The van der Waals surface area contributed by atoms with Crippen LogP contribution in [0.3, 0.4) is 0 Å². The van der Waals surface area contributed by atoms with Crippen LogP contribution in [-0.2, 0) is 4.79 Å². The molecule has 3 heterocycles. The molecule has 34 heavy (non-hydrogen) atoms. The van der Waals surface area contributed by atoms with Crippen LogP contribution in [0.5, 0.6) is 5.75 Å². The molecule has 1 saturated carbocycles. The van der Waals surface area contributed by atoms with E-state index < -0.39 is 0 Å². The number of aromatic hydroxyl groups is 1. The number of hydrogen-bond donors (Lipinski definition) is 2. The van der Waals surface area contributed by atoms with Gasteiger partial charge in [0.2, 0.25) is 5.91 Å². The summed E-state index contributed by atoms with van der Waals surface area (Å²) >= 11 is 0. The van der Waals surface area contributed by atoms with E-state index in [0.29, 0.717) is 34.2 Å². The van der Waals surface area contributed by atoms with Gasteiger partial charge in [-0.05, 0) is 49.2 Å². The summed E-state index contributed by atoms with van der Waals surface area (Å²) in [6.45, 7) is 2.46. The summed E-state index contributed by atoms with van der Waals surface area (Å²) in [5, 5.41) is 18.2. The number of likely N-dealkylation sites (tertiary alicyclic amines) is 1. The van der Waals surface area contributed by atoms with Crippen molar-refractivity contribution in [2.75, 3.05) is 25.0 Å². The quantitative estimate of drug-likeness (QED) is 0.453. The number of nitrogens with one attached hydrogen (secondary N) is 1. The number of carbonyl (C=O) groups is 1. The van der Waals surface area contributed by atoms with Crippen LogP contribution in [0.1, 0.15) is 51.4 Å². The summed E-state index contributed by atoms with van der Waals surface area (Å²) in [7, 11) is 6.11. The van der Waals surface area contributed by atoms with Crippen molar-refractivity contribution in [3.63, 3.8) is 0 Å².